The van der Waals surface area contributed by atoms with Crippen molar-refractivity contribution in [2.45, 2.75) is 19.9 Å². The molecule has 0 radical (unpaired) electrons. The molecule has 0 saturated heterocycles. The normalized spacial score (nSPS) is 15.1. The summed E-state index contributed by atoms with van der Waals surface area (Å²) >= 11 is 1.83. The number of H-pyrrole nitrogens is 1. The summed E-state index contributed by atoms with van der Waals surface area (Å²) in [6, 6.07) is 10.2. The van der Waals surface area contributed by atoms with Gasteiger partial charge >= 0.3 is 0 Å². The number of aryl methyl sites for hydroxylation is 1. The van der Waals surface area contributed by atoms with Crippen LogP contribution in [0.5, 0.6) is 0 Å². The molecule has 4 rings (SSSR count). The van der Waals surface area contributed by atoms with E-state index in [1.54, 1.807) is 0 Å². The number of rotatable bonds is 3. The van der Waals surface area contributed by atoms with Gasteiger partial charge in [0.05, 0.1) is 6.54 Å². The molecule has 0 bridgehead atoms. The number of hydrogen-bond donors (Lipinski definition) is 1. The zero-order chi connectivity index (χ0) is 15.1. The summed E-state index contributed by atoms with van der Waals surface area (Å²) in [5, 5.41) is 3.19. The molecule has 2 aromatic heterocycles. The maximum Gasteiger partial charge on any atom is 0.179 e. The van der Waals surface area contributed by atoms with Gasteiger partial charge in [-0.15, -0.1) is 11.3 Å². The van der Waals surface area contributed by atoms with Crippen LogP contribution in [0.25, 0.3) is 10.9 Å². The number of ketones is 1. The summed E-state index contributed by atoms with van der Waals surface area (Å²) in [4.78, 5) is 19.9. The number of Topliss-reactive ketones (excluding diaryl/α,β-unsaturated/α-hetero) is 1. The van der Waals surface area contributed by atoms with E-state index in [2.05, 4.69) is 21.3 Å². The molecular formula is C18H18N2OS. The van der Waals surface area contributed by atoms with Crippen molar-refractivity contribution in [1.82, 2.24) is 9.88 Å². The van der Waals surface area contributed by atoms with Crippen molar-refractivity contribution in [3.63, 3.8) is 0 Å². The minimum Gasteiger partial charge on any atom is -0.358 e. The minimum absolute atomic E-state index is 0.216. The Balaban J connectivity index is 1.58. The van der Waals surface area contributed by atoms with Gasteiger partial charge < -0.3 is 4.98 Å². The highest BCUT2D eigenvalue weighted by atomic mass is 32.1. The average Bonchev–Trinajstić information content (AvgIpc) is 3.09. The van der Waals surface area contributed by atoms with Gasteiger partial charge in [-0.05, 0) is 36.4 Å². The van der Waals surface area contributed by atoms with E-state index in [4.69, 9.17) is 0 Å². The summed E-state index contributed by atoms with van der Waals surface area (Å²) in [5.41, 5.74) is 4.26. The second-order valence-electron chi connectivity index (χ2n) is 5.92. The number of carbonyl (C=O) groups excluding carboxylic acids is 1. The van der Waals surface area contributed by atoms with E-state index < -0.39 is 0 Å². The lowest BCUT2D eigenvalue weighted by Gasteiger charge is -2.26. The molecule has 0 amide bonds. The number of benzene rings is 1. The fraction of sp³-hybridized carbons (Fsp3) is 0.278. The van der Waals surface area contributed by atoms with E-state index in [0.29, 0.717) is 6.54 Å². The standard InChI is InChI=1S/C18H18N2OS/c1-12-18(14-4-2-3-5-15(14)19-12)16(21)11-20-8-6-17-13(10-20)7-9-22-17/h2-5,7,9,19H,6,8,10-11H2,1H3. The molecule has 0 spiro atoms. The van der Waals surface area contributed by atoms with Crippen molar-refractivity contribution in [3.8, 4) is 0 Å². The van der Waals surface area contributed by atoms with Crippen molar-refractivity contribution in [1.29, 1.82) is 0 Å². The smallest absolute Gasteiger partial charge is 0.179 e. The molecule has 4 heteroatoms. The zero-order valence-corrected chi connectivity index (χ0v) is 13.4. The average molecular weight is 310 g/mol. The molecule has 1 aliphatic heterocycles. The quantitative estimate of drug-likeness (QED) is 0.747. The lowest BCUT2D eigenvalue weighted by molar-refractivity contribution is 0.0923. The molecule has 1 aromatic carbocycles. The fourth-order valence-electron chi connectivity index (χ4n) is 3.36. The van der Waals surface area contributed by atoms with Crippen molar-refractivity contribution >= 4 is 28.0 Å². The van der Waals surface area contributed by atoms with E-state index in [9.17, 15) is 4.79 Å². The number of aromatic nitrogens is 1. The Morgan fingerprint density at radius 3 is 3.09 bits per heavy atom. The Hall–Kier alpha value is -1.91. The first-order valence-corrected chi connectivity index (χ1v) is 8.48. The van der Waals surface area contributed by atoms with Crippen LogP contribution in [0.4, 0.5) is 0 Å². The first kappa shape index (κ1) is 13.7. The van der Waals surface area contributed by atoms with Crippen molar-refractivity contribution in [3.05, 3.63) is 57.4 Å². The third kappa shape index (κ3) is 2.28. The highest BCUT2D eigenvalue weighted by Gasteiger charge is 2.22. The van der Waals surface area contributed by atoms with Crippen LogP contribution in [-0.2, 0) is 13.0 Å². The van der Waals surface area contributed by atoms with Gasteiger partial charge in [0.1, 0.15) is 0 Å². The Bertz CT molecular complexity index is 846. The van der Waals surface area contributed by atoms with E-state index >= 15 is 0 Å². The van der Waals surface area contributed by atoms with Crippen LogP contribution in [0, 0.1) is 6.92 Å². The van der Waals surface area contributed by atoms with Crippen molar-refractivity contribution in [2.24, 2.45) is 0 Å². The number of carbonyl (C=O) groups is 1. The number of para-hydroxylation sites is 1. The third-order valence-corrected chi connectivity index (χ3v) is 5.45. The van der Waals surface area contributed by atoms with Gasteiger partial charge in [-0.1, -0.05) is 18.2 Å². The molecule has 3 heterocycles. The molecule has 1 aliphatic rings. The molecular weight excluding hydrogens is 292 g/mol. The van der Waals surface area contributed by atoms with E-state index in [1.807, 2.05) is 42.5 Å². The second-order valence-corrected chi connectivity index (χ2v) is 6.92. The van der Waals surface area contributed by atoms with Crippen LogP contribution < -0.4 is 0 Å². The van der Waals surface area contributed by atoms with Crippen molar-refractivity contribution in [2.75, 3.05) is 13.1 Å². The van der Waals surface area contributed by atoms with Crippen LogP contribution in [0.2, 0.25) is 0 Å². The molecule has 3 nitrogen and oxygen atoms in total. The highest BCUT2D eigenvalue weighted by molar-refractivity contribution is 7.10. The number of thiophene rings is 1. The lowest BCUT2D eigenvalue weighted by Crippen LogP contribution is -2.34. The molecule has 1 N–H and O–H groups in total. The number of fused-ring (bicyclic) bond motifs is 2. The first-order valence-electron chi connectivity index (χ1n) is 7.60. The van der Waals surface area contributed by atoms with Gasteiger partial charge in [-0.3, -0.25) is 9.69 Å². The maximum absolute atomic E-state index is 12.8. The summed E-state index contributed by atoms with van der Waals surface area (Å²) < 4.78 is 0. The lowest BCUT2D eigenvalue weighted by atomic mass is 10.0. The summed E-state index contributed by atoms with van der Waals surface area (Å²) in [7, 11) is 0. The molecule has 0 saturated carbocycles. The monoisotopic (exact) mass is 310 g/mol. The Morgan fingerprint density at radius 1 is 1.32 bits per heavy atom. The predicted octanol–water partition coefficient (Wildman–Crippen LogP) is 3.78. The molecule has 112 valence electrons. The van der Waals surface area contributed by atoms with Gasteiger partial charge in [0.15, 0.2) is 5.78 Å². The number of aromatic amines is 1. The third-order valence-electron chi connectivity index (χ3n) is 4.43. The zero-order valence-electron chi connectivity index (χ0n) is 12.6. The van der Waals surface area contributed by atoms with Crippen LogP contribution >= 0.6 is 11.3 Å². The van der Waals surface area contributed by atoms with Crippen molar-refractivity contribution < 1.29 is 4.79 Å². The Labute approximate surface area is 133 Å². The van der Waals surface area contributed by atoms with Gasteiger partial charge in [0, 0.05) is 40.1 Å². The van der Waals surface area contributed by atoms with Crippen LogP contribution in [0.1, 0.15) is 26.5 Å². The summed E-state index contributed by atoms with van der Waals surface area (Å²) in [6.07, 6.45) is 1.06. The van der Waals surface area contributed by atoms with E-state index in [-0.39, 0.29) is 5.78 Å². The topological polar surface area (TPSA) is 36.1 Å². The molecule has 22 heavy (non-hydrogen) atoms. The summed E-state index contributed by atoms with van der Waals surface area (Å²) in [5.74, 6) is 0.216. The summed E-state index contributed by atoms with van der Waals surface area (Å²) in [6.45, 7) is 4.35. The van der Waals surface area contributed by atoms with Crippen LogP contribution in [-0.4, -0.2) is 28.8 Å². The van der Waals surface area contributed by atoms with Crippen LogP contribution in [0.3, 0.4) is 0 Å². The van der Waals surface area contributed by atoms with Gasteiger partial charge in [-0.25, -0.2) is 0 Å². The SMILES string of the molecule is Cc1[nH]c2ccccc2c1C(=O)CN1CCc2sccc2C1. The molecule has 0 fully saturated rings. The predicted molar refractivity (Wildman–Crippen MR) is 90.7 cm³/mol. The van der Waals surface area contributed by atoms with Gasteiger partial charge in [0.2, 0.25) is 0 Å². The Morgan fingerprint density at radius 2 is 2.18 bits per heavy atom. The highest BCUT2D eigenvalue weighted by Crippen LogP contribution is 2.26. The largest absolute Gasteiger partial charge is 0.358 e. The number of nitrogens with one attached hydrogen (secondary N) is 1. The number of nitrogens with zero attached hydrogens (tertiary/aromatic N) is 1. The fourth-order valence-corrected chi connectivity index (χ4v) is 4.25. The second kappa shape index (κ2) is 5.38. The minimum atomic E-state index is 0.216. The first-order chi connectivity index (χ1) is 10.7. The molecule has 0 aliphatic carbocycles. The molecule has 3 aromatic rings. The Kier molecular flexibility index (Phi) is 3.36. The van der Waals surface area contributed by atoms with Gasteiger partial charge in [0.25, 0.3) is 0 Å². The number of hydrogen-bond acceptors (Lipinski definition) is 3. The molecule has 0 atom stereocenters. The van der Waals surface area contributed by atoms with Gasteiger partial charge in [-0.2, -0.15) is 0 Å². The maximum atomic E-state index is 12.8. The molecule has 0 unspecified atom stereocenters. The van der Waals surface area contributed by atoms with Crippen LogP contribution in [0.15, 0.2) is 35.7 Å². The van der Waals surface area contributed by atoms with E-state index in [1.165, 1.54) is 10.4 Å². The van der Waals surface area contributed by atoms with E-state index in [0.717, 1.165) is 41.7 Å².